The summed E-state index contributed by atoms with van der Waals surface area (Å²) in [5.74, 6) is 1.36. The molecule has 2 N–H and O–H groups in total. The number of rotatable bonds is 7. The molecule has 3 aromatic rings. The number of hydrogen-bond donors (Lipinski definition) is 2. The molecular weight excluding hydrogens is 517 g/mol. The summed E-state index contributed by atoms with van der Waals surface area (Å²) < 4.78 is 11.2. The summed E-state index contributed by atoms with van der Waals surface area (Å²) in [5.41, 5.74) is 3.08. The van der Waals surface area contributed by atoms with Gasteiger partial charge in [-0.2, -0.15) is 0 Å². The molecule has 0 spiro atoms. The van der Waals surface area contributed by atoms with Crippen molar-refractivity contribution < 1.29 is 9.15 Å². The second-order valence-corrected chi connectivity index (χ2v) is 7.39. The van der Waals surface area contributed by atoms with Gasteiger partial charge in [0.05, 0.1) is 31.5 Å². The molecule has 4 rings (SSSR count). The summed E-state index contributed by atoms with van der Waals surface area (Å²) in [6.45, 7) is 4.67. The smallest absolute Gasteiger partial charge is 0.226 e. The minimum atomic E-state index is 0. The molecule has 2 aromatic carbocycles. The lowest BCUT2D eigenvalue weighted by Gasteiger charge is -2.35. The molecule has 1 aromatic heterocycles. The maximum Gasteiger partial charge on any atom is 0.226 e. The van der Waals surface area contributed by atoms with E-state index in [2.05, 4.69) is 55.8 Å². The maximum absolute atomic E-state index is 5.62. The number of ether oxygens (including phenoxy) is 1. The Hall–Kier alpha value is -2.43. The van der Waals surface area contributed by atoms with Crippen molar-refractivity contribution in [1.29, 1.82) is 0 Å². The van der Waals surface area contributed by atoms with Crippen LogP contribution in [0.25, 0.3) is 11.5 Å². The number of halogens is 1. The van der Waals surface area contributed by atoms with E-state index in [1.165, 1.54) is 5.56 Å². The van der Waals surface area contributed by atoms with Gasteiger partial charge in [-0.25, -0.2) is 4.98 Å². The molecule has 32 heavy (non-hydrogen) atoms. The Bertz CT molecular complexity index is 959. The summed E-state index contributed by atoms with van der Waals surface area (Å²) in [4.78, 5) is 11.4. The first-order valence-corrected chi connectivity index (χ1v) is 10.6. The Balaban J connectivity index is 0.00000289. The number of oxazole rings is 1. The number of aliphatic imine (C=N–C) groups is 1. The van der Waals surface area contributed by atoms with Crippen LogP contribution in [0.2, 0.25) is 0 Å². The molecule has 7 nitrogen and oxygen atoms in total. The van der Waals surface area contributed by atoms with Crippen LogP contribution in [0.15, 0.2) is 76.3 Å². The maximum atomic E-state index is 5.62. The van der Waals surface area contributed by atoms with Crippen molar-refractivity contribution in [3.8, 4) is 11.5 Å². The average Bonchev–Trinajstić information content (AvgIpc) is 3.32. The van der Waals surface area contributed by atoms with Crippen LogP contribution in [-0.4, -0.2) is 55.7 Å². The zero-order chi connectivity index (χ0) is 21.3. The lowest BCUT2D eigenvalue weighted by Crippen LogP contribution is -2.46. The van der Waals surface area contributed by atoms with Gasteiger partial charge in [-0.1, -0.05) is 48.5 Å². The van der Waals surface area contributed by atoms with Crippen LogP contribution >= 0.6 is 24.0 Å². The Labute approximate surface area is 206 Å². The highest BCUT2D eigenvalue weighted by atomic mass is 127. The molecule has 1 atom stereocenters. The molecule has 170 valence electrons. The summed E-state index contributed by atoms with van der Waals surface area (Å²) in [7, 11) is 1.78. The lowest BCUT2D eigenvalue weighted by atomic mass is 10.0. The van der Waals surface area contributed by atoms with Gasteiger partial charge in [-0.15, -0.1) is 24.0 Å². The third kappa shape index (κ3) is 6.54. The standard InChI is InChI=1S/C24H29N5O2.HI/c1-25-24(26-16-21-18-31-23(28-21)20-10-6-3-7-11-20)27-17-22(19-8-4-2-5-9-19)29-12-14-30-15-13-29;/h2-11,18,22H,12-17H2,1H3,(H2,25,26,27);1H. The Morgan fingerprint density at radius 3 is 2.41 bits per heavy atom. The molecule has 8 heteroatoms. The molecule has 2 heterocycles. The molecule has 1 aliphatic rings. The predicted molar refractivity (Wildman–Crippen MR) is 137 cm³/mol. The van der Waals surface area contributed by atoms with Gasteiger partial charge in [0.15, 0.2) is 5.96 Å². The van der Waals surface area contributed by atoms with Crippen molar-refractivity contribution in [2.75, 3.05) is 39.9 Å². The van der Waals surface area contributed by atoms with Crippen LogP contribution in [0, 0.1) is 0 Å². The molecule has 0 radical (unpaired) electrons. The average molecular weight is 547 g/mol. The normalized spacial score (nSPS) is 15.6. The highest BCUT2D eigenvalue weighted by Gasteiger charge is 2.22. The van der Waals surface area contributed by atoms with E-state index >= 15 is 0 Å². The summed E-state index contributed by atoms with van der Waals surface area (Å²) >= 11 is 0. The summed E-state index contributed by atoms with van der Waals surface area (Å²) in [6, 6.07) is 20.7. The van der Waals surface area contributed by atoms with Gasteiger partial charge in [0.25, 0.3) is 0 Å². The van der Waals surface area contributed by atoms with E-state index in [4.69, 9.17) is 9.15 Å². The predicted octanol–water partition coefficient (Wildman–Crippen LogP) is 3.70. The Kier molecular flexibility index (Phi) is 9.51. The van der Waals surface area contributed by atoms with E-state index in [1.54, 1.807) is 13.3 Å². The molecule has 0 saturated carbocycles. The monoisotopic (exact) mass is 547 g/mol. The Morgan fingerprint density at radius 1 is 1.03 bits per heavy atom. The summed E-state index contributed by atoms with van der Waals surface area (Å²) in [6.07, 6.45) is 1.68. The topological polar surface area (TPSA) is 74.9 Å². The molecule has 0 bridgehead atoms. The van der Waals surface area contributed by atoms with Crippen LogP contribution in [0.4, 0.5) is 0 Å². The minimum absolute atomic E-state index is 0. The van der Waals surface area contributed by atoms with Crippen molar-refractivity contribution >= 4 is 29.9 Å². The zero-order valence-electron chi connectivity index (χ0n) is 18.2. The van der Waals surface area contributed by atoms with E-state index in [9.17, 15) is 0 Å². The SMILES string of the molecule is CN=C(NCc1coc(-c2ccccc2)n1)NCC(c1ccccc1)N1CCOCC1.I. The number of aromatic nitrogens is 1. The third-order valence-electron chi connectivity index (χ3n) is 5.37. The number of guanidine groups is 1. The van der Waals surface area contributed by atoms with Crippen molar-refractivity contribution in [2.24, 2.45) is 4.99 Å². The van der Waals surface area contributed by atoms with Gasteiger partial charge in [0.1, 0.15) is 6.26 Å². The van der Waals surface area contributed by atoms with Crippen LogP contribution in [0.1, 0.15) is 17.3 Å². The van der Waals surface area contributed by atoms with Crippen molar-refractivity contribution in [2.45, 2.75) is 12.6 Å². The van der Waals surface area contributed by atoms with Gasteiger partial charge < -0.3 is 19.8 Å². The second-order valence-electron chi connectivity index (χ2n) is 7.39. The number of morpholine rings is 1. The van der Waals surface area contributed by atoms with Crippen molar-refractivity contribution in [1.82, 2.24) is 20.5 Å². The first-order chi connectivity index (χ1) is 15.3. The number of nitrogens with one attached hydrogen (secondary N) is 2. The largest absolute Gasteiger partial charge is 0.444 e. The highest BCUT2D eigenvalue weighted by molar-refractivity contribution is 14.0. The number of benzene rings is 2. The minimum Gasteiger partial charge on any atom is -0.444 e. The third-order valence-corrected chi connectivity index (χ3v) is 5.37. The molecule has 1 fully saturated rings. The van der Waals surface area contributed by atoms with Crippen molar-refractivity contribution in [3.05, 3.63) is 78.2 Å². The van der Waals surface area contributed by atoms with Gasteiger partial charge in [-0.05, 0) is 17.7 Å². The van der Waals surface area contributed by atoms with Gasteiger partial charge in [0, 0.05) is 32.2 Å². The zero-order valence-corrected chi connectivity index (χ0v) is 20.6. The van der Waals surface area contributed by atoms with Gasteiger partial charge in [0.2, 0.25) is 5.89 Å². The van der Waals surface area contributed by atoms with Crippen LogP contribution in [0.5, 0.6) is 0 Å². The first-order valence-electron chi connectivity index (χ1n) is 10.6. The fourth-order valence-electron chi connectivity index (χ4n) is 3.71. The lowest BCUT2D eigenvalue weighted by molar-refractivity contribution is 0.0170. The molecule has 0 amide bonds. The summed E-state index contributed by atoms with van der Waals surface area (Å²) in [5, 5.41) is 6.81. The quantitative estimate of drug-likeness (QED) is 0.267. The van der Waals surface area contributed by atoms with E-state index in [-0.39, 0.29) is 30.0 Å². The molecular formula is C24H30IN5O2. The van der Waals surface area contributed by atoms with Crippen LogP contribution in [0.3, 0.4) is 0 Å². The van der Waals surface area contributed by atoms with Gasteiger partial charge >= 0.3 is 0 Å². The van der Waals surface area contributed by atoms with E-state index < -0.39 is 0 Å². The van der Waals surface area contributed by atoms with E-state index in [0.29, 0.717) is 12.4 Å². The molecule has 1 saturated heterocycles. The molecule has 1 aliphatic heterocycles. The van der Waals surface area contributed by atoms with E-state index in [0.717, 1.165) is 50.1 Å². The fraction of sp³-hybridized carbons (Fsp3) is 0.333. The fourth-order valence-corrected chi connectivity index (χ4v) is 3.71. The van der Waals surface area contributed by atoms with E-state index in [1.807, 2.05) is 30.3 Å². The molecule has 0 aliphatic carbocycles. The van der Waals surface area contributed by atoms with Crippen LogP contribution in [-0.2, 0) is 11.3 Å². The van der Waals surface area contributed by atoms with Crippen LogP contribution < -0.4 is 10.6 Å². The highest BCUT2D eigenvalue weighted by Crippen LogP contribution is 2.21. The second kappa shape index (κ2) is 12.6. The first kappa shape index (κ1) is 24.2. The molecule has 1 unspecified atom stereocenters. The van der Waals surface area contributed by atoms with Gasteiger partial charge in [-0.3, -0.25) is 9.89 Å². The Morgan fingerprint density at radius 2 is 1.72 bits per heavy atom. The number of hydrogen-bond acceptors (Lipinski definition) is 5. The number of nitrogens with zero attached hydrogens (tertiary/aromatic N) is 3. The van der Waals surface area contributed by atoms with Crippen molar-refractivity contribution in [3.63, 3.8) is 0 Å².